The van der Waals surface area contributed by atoms with Crippen LogP contribution in [0.25, 0.3) is 0 Å². The van der Waals surface area contributed by atoms with Crippen LogP contribution in [-0.4, -0.2) is 35.9 Å². The van der Waals surface area contributed by atoms with Crippen LogP contribution in [0.1, 0.15) is 101 Å². The van der Waals surface area contributed by atoms with Crippen LogP contribution in [0.5, 0.6) is 0 Å². The Morgan fingerprint density at radius 2 is 1.70 bits per heavy atom. The topological polar surface area (TPSA) is 15.3 Å². The SMILES string of the molecule is [B]CN(C(CCC)CCC)C(C)(C)CC(C)(C)C1C(=C)NC(C)=CC(C)(P)C1C(C)(C)C=C. The van der Waals surface area contributed by atoms with Gasteiger partial charge in [0.05, 0.1) is 7.85 Å². The predicted octanol–water partition coefficient (Wildman–Crippen LogP) is 7.68. The summed E-state index contributed by atoms with van der Waals surface area (Å²) in [5.74, 6) is 0.584. The fourth-order valence-electron chi connectivity index (χ4n) is 7.10. The summed E-state index contributed by atoms with van der Waals surface area (Å²) in [5.41, 5.74) is 2.20. The second kappa shape index (κ2) is 11.5. The molecular formula is C29H54BN2P. The average molecular weight is 473 g/mol. The number of nitrogens with zero attached hydrogens (tertiary/aromatic N) is 1. The first-order chi connectivity index (χ1) is 15.0. The van der Waals surface area contributed by atoms with E-state index in [2.05, 4.69) is 114 Å². The van der Waals surface area contributed by atoms with E-state index in [1.807, 2.05) is 0 Å². The summed E-state index contributed by atoms with van der Waals surface area (Å²) in [4.78, 5) is 2.58. The Morgan fingerprint density at radius 1 is 1.18 bits per heavy atom. The van der Waals surface area contributed by atoms with E-state index in [4.69, 9.17) is 7.85 Å². The molecule has 0 aromatic heterocycles. The lowest BCUT2D eigenvalue weighted by atomic mass is 9.56. The molecule has 188 valence electrons. The number of hydrogen-bond donors (Lipinski definition) is 1. The van der Waals surface area contributed by atoms with Crippen LogP contribution in [0, 0.1) is 22.7 Å². The number of nitrogens with one attached hydrogen (secondary N) is 1. The summed E-state index contributed by atoms with van der Waals surface area (Å²) in [5, 5.41) is 3.57. The van der Waals surface area contributed by atoms with Gasteiger partial charge in [0.1, 0.15) is 0 Å². The molecule has 4 heteroatoms. The third kappa shape index (κ3) is 7.24. The van der Waals surface area contributed by atoms with E-state index in [-0.39, 0.29) is 27.4 Å². The van der Waals surface area contributed by atoms with Crippen LogP contribution < -0.4 is 5.32 Å². The molecule has 0 amide bonds. The standard InChI is InChI=1S/C29H54BN2P/c1-13-16-23(17-14-2)32(20-30)28(10,11)19-27(8,9)24-22(5)31-21(4)18-29(12,33)25(24)26(6,7)15-3/h15,18,23-25,31H,3,5,13-14,16-17,19-20,33H2,1-2,4,6-12H3. The average Bonchev–Trinajstić information content (AvgIpc) is 2.73. The van der Waals surface area contributed by atoms with Crippen molar-refractivity contribution in [2.45, 2.75) is 118 Å². The molecule has 4 unspecified atom stereocenters. The lowest BCUT2D eigenvalue weighted by Gasteiger charge is -2.54. The monoisotopic (exact) mass is 472 g/mol. The van der Waals surface area contributed by atoms with Crippen LogP contribution in [0.3, 0.4) is 0 Å². The molecule has 2 nitrogen and oxygen atoms in total. The van der Waals surface area contributed by atoms with Gasteiger partial charge in [-0.1, -0.05) is 80.0 Å². The van der Waals surface area contributed by atoms with E-state index in [0.717, 1.165) is 12.1 Å². The molecule has 1 aliphatic heterocycles. The molecule has 0 saturated heterocycles. The second-order valence-corrected chi connectivity index (χ2v) is 13.9. The van der Waals surface area contributed by atoms with Crippen molar-refractivity contribution in [2.75, 3.05) is 6.44 Å². The highest BCUT2D eigenvalue weighted by atomic mass is 31.0. The summed E-state index contributed by atoms with van der Waals surface area (Å²) in [6, 6.07) is 0.530. The van der Waals surface area contributed by atoms with E-state index in [9.17, 15) is 0 Å². The maximum Gasteiger partial charge on any atom is 0.0863 e. The third-order valence-electron chi connectivity index (χ3n) is 7.98. The van der Waals surface area contributed by atoms with Crippen molar-refractivity contribution in [1.82, 2.24) is 10.2 Å². The molecule has 0 aromatic rings. The number of allylic oxidation sites excluding steroid dienone is 4. The van der Waals surface area contributed by atoms with Gasteiger partial charge in [-0.05, 0) is 63.2 Å². The fourth-order valence-corrected chi connectivity index (χ4v) is 7.98. The van der Waals surface area contributed by atoms with Crippen LogP contribution >= 0.6 is 9.24 Å². The molecule has 1 heterocycles. The Kier molecular flexibility index (Phi) is 10.6. The third-order valence-corrected chi connectivity index (χ3v) is 8.51. The van der Waals surface area contributed by atoms with Crippen LogP contribution in [0.15, 0.2) is 36.7 Å². The number of hydrogen-bond acceptors (Lipinski definition) is 2. The van der Waals surface area contributed by atoms with Gasteiger partial charge in [-0.25, -0.2) is 0 Å². The normalized spacial score (nSPS) is 25.1. The van der Waals surface area contributed by atoms with Crippen molar-refractivity contribution in [1.29, 1.82) is 0 Å². The Bertz CT molecular complexity index is 698. The molecule has 2 radical (unpaired) electrons. The molecule has 4 atom stereocenters. The fraction of sp³-hybridized carbons (Fsp3) is 0.793. The van der Waals surface area contributed by atoms with E-state index < -0.39 is 0 Å². The highest BCUT2D eigenvalue weighted by Gasteiger charge is 2.52. The first kappa shape index (κ1) is 30.5. The molecule has 0 bridgehead atoms. The summed E-state index contributed by atoms with van der Waals surface area (Å²) in [6.07, 6.45) is 10.9. The Balaban J connectivity index is 3.52. The van der Waals surface area contributed by atoms with Crippen molar-refractivity contribution < 1.29 is 0 Å². The van der Waals surface area contributed by atoms with Gasteiger partial charge in [-0.15, -0.1) is 15.8 Å². The lowest BCUT2D eigenvalue weighted by molar-refractivity contribution is 0.00328. The quantitative estimate of drug-likeness (QED) is 0.178. The van der Waals surface area contributed by atoms with Gasteiger partial charge in [0.25, 0.3) is 0 Å². The van der Waals surface area contributed by atoms with Crippen LogP contribution in [0.2, 0.25) is 0 Å². The highest BCUT2D eigenvalue weighted by Crippen LogP contribution is 2.56. The van der Waals surface area contributed by atoms with Crippen molar-refractivity contribution in [3.05, 3.63) is 36.7 Å². The van der Waals surface area contributed by atoms with Crippen molar-refractivity contribution in [2.24, 2.45) is 22.7 Å². The molecule has 0 saturated carbocycles. The number of rotatable bonds is 12. The van der Waals surface area contributed by atoms with Gasteiger partial charge in [0.15, 0.2) is 0 Å². The summed E-state index contributed by atoms with van der Waals surface area (Å²) in [6.45, 7) is 32.2. The van der Waals surface area contributed by atoms with Crippen LogP contribution in [-0.2, 0) is 0 Å². The van der Waals surface area contributed by atoms with E-state index >= 15 is 0 Å². The van der Waals surface area contributed by atoms with E-state index in [1.54, 1.807) is 0 Å². The first-order valence-electron chi connectivity index (χ1n) is 13.0. The summed E-state index contributed by atoms with van der Waals surface area (Å²) < 4.78 is 0. The van der Waals surface area contributed by atoms with Crippen LogP contribution in [0.4, 0.5) is 0 Å². The van der Waals surface area contributed by atoms with E-state index in [1.165, 1.54) is 31.4 Å². The van der Waals surface area contributed by atoms with Gasteiger partial charge in [0, 0.05) is 34.0 Å². The van der Waals surface area contributed by atoms with Gasteiger partial charge >= 0.3 is 0 Å². The minimum atomic E-state index is -0.0825. The first-order valence-corrected chi connectivity index (χ1v) is 13.6. The molecule has 33 heavy (non-hydrogen) atoms. The predicted molar refractivity (Wildman–Crippen MR) is 154 cm³/mol. The second-order valence-electron chi connectivity index (χ2n) is 12.7. The molecule has 1 N–H and O–H groups in total. The van der Waals surface area contributed by atoms with Crippen molar-refractivity contribution >= 4 is 17.1 Å². The van der Waals surface area contributed by atoms with Gasteiger partial charge in [-0.3, -0.25) is 0 Å². The smallest absolute Gasteiger partial charge is 0.0863 e. The van der Waals surface area contributed by atoms with Gasteiger partial charge < -0.3 is 10.2 Å². The zero-order valence-corrected chi connectivity index (χ0v) is 24.8. The Hall–Kier alpha value is -0.525. The Labute approximate surface area is 211 Å². The minimum absolute atomic E-state index is 0.00871. The maximum absolute atomic E-state index is 6.42. The molecule has 1 aliphatic rings. The molecule has 0 aromatic carbocycles. The van der Waals surface area contributed by atoms with Gasteiger partial charge in [0.2, 0.25) is 0 Å². The Morgan fingerprint density at radius 3 is 2.12 bits per heavy atom. The molecule has 0 spiro atoms. The molecular weight excluding hydrogens is 418 g/mol. The molecule has 1 rings (SSSR count). The molecule has 0 fully saturated rings. The van der Waals surface area contributed by atoms with Crippen molar-refractivity contribution in [3.8, 4) is 0 Å². The summed E-state index contributed by atoms with van der Waals surface area (Å²) >= 11 is 0. The maximum atomic E-state index is 6.42. The van der Waals surface area contributed by atoms with E-state index in [0.29, 0.717) is 18.4 Å². The highest BCUT2D eigenvalue weighted by molar-refractivity contribution is 7.19. The largest absolute Gasteiger partial charge is 0.363 e. The zero-order valence-electron chi connectivity index (χ0n) is 23.6. The summed E-state index contributed by atoms with van der Waals surface area (Å²) in [7, 11) is 9.58. The molecule has 0 aliphatic carbocycles. The zero-order chi connectivity index (χ0) is 25.8. The van der Waals surface area contributed by atoms with Gasteiger partial charge in [-0.2, -0.15) is 0 Å². The minimum Gasteiger partial charge on any atom is -0.363 e. The van der Waals surface area contributed by atoms with Crippen molar-refractivity contribution in [3.63, 3.8) is 0 Å². The lowest BCUT2D eigenvalue weighted by Crippen LogP contribution is -2.55.